The topological polar surface area (TPSA) is 122 Å². The van der Waals surface area contributed by atoms with Gasteiger partial charge in [-0.2, -0.15) is 0 Å². The van der Waals surface area contributed by atoms with Crippen molar-refractivity contribution in [1.82, 2.24) is 10.6 Å². The highest BCUT2D eigenvalue weighted by atomic mass is 16.4. The fraction of sp³-hybridized carbons (Fsp3) is 0.769. The monoisotopic (exact) mass is 285 g/mol. The zero-order valence-electron chi connectivity index (χ0n) is 11.7. The average molecular weight is 285 g/mol. The summed E-state index contributed by atoms with van der Waals surface area (Å²) in [5.74, 6) is -1.36. The average Bonchev–Trinajstić information content (AvgIpc) is 2.36. The largest absolute Gasteiger partial charge is 0.480 e. The van der Waals surface area contributed by atoms with Crippen molar-refractivity contribution in [2.24, 2.45) is 11.7 Å². The van der Waals surface area contributed by atoms with Gasteiger partial charge in [-0.05, 0) is 25.2 Å². The molecule has 114 valence electrons. The van der Waals surface area contributed by atoms with Crippen molar-refractivity contribution in [3.05, 3.63) is 0 Å². The van der Waals surface area contributed by atoms with Crippen LogP contribution in [-0.4, -0.2) is 35.1 Å². The molecule has 0 radical (unpaired) electrons. The number of aliphatic carboxylic acids is 1. The molecule has 0 spiro atoms. The summed E-state index contributed by atoms with van der Waals surface area (Å²) in [5.41, 5.74) is 4.98. The first-order valence-corrected chi connectivity index (χ1v) is 6.98. The minimum Gasteiger partial charge on any atom is -0.480 e. The first-order valence-electron chi connectivity index (χ1n) is 6.98. The molecule has 1 aliphatic carbocycles. The first-order chi connectivity index (χ1) is 9.40. The van der Waals surface area contributed by atoms with Crippen LogP contribution in [0.4, 0.5) is 4.79 Å². The number of nitrogens with two attached hydrogens (primary N) is 1. The van der Waals surface area contributed by atoms with Crippen LogP contribution in [0.5, 0.6) is 0 Å². The number of hydrogen-bond donors (Lipinski definition) is 4. The van der Waals surface area contributed by atoms with E-state index in [1.54, 1.807) is 0 Å². The SMILES string of the molecule is CC1CCCCC1NC(=O)N[C@@H](CCC(N)=O)C(=O)O. The molecule has 0 bridgehead atoms. The van der Waals surface area contributed by atoms with Crippen LogP contribution in [0.2, 0.25) is 0 Å². The van der Waals surface area contributed by atoms with Gasteiger partial charge in [0.25, 0.3) is 0 Å². The van der Waals surface area contributed by atoms with Crippen molar-refractivity contribution < 1.29 is 19.5 Å². The fourth-order valence-corrected chi connectivity index (χ4v) is 2.44. The number of primary amides is 1. The molecule has 1 saturated carbocycles. The highest BCUT2D eigenvalue weighted by Crippen LogP contribution is 2.23. The van der Waals surface area contributed by atoms with E-state index in [-0.39, 0.29) is 18.9 Å². The van der Waals surface area contributed by atoms with Crippen LogP contribution >= 0.6 is 0 Å². The molecule has 0 saturated heterocycles. The predicted molar refractivity (Wildman–Crippen MR) is 72.9 cm³/mol. The van der Waals surface area contributed by atoms with Crippen molar-refractivity contribution >= 4 is 17.9 Å². The van der Waals surface area contributed by atoms with E-state index in [0.717, 1.165) is 25.7 Å². The number of carbonyl (C=O) groups excluding carboxylic acids is 2. The van der Waals surface area contributed by atoms with Gasteiger partial charge in [0.2, 0.25) is 5.91 Å². The van der Waals surface area contributed by atoms with Crippen LogP contribution in [0.3, 0.4) is 0 Å². The lowest BCUT2D eigenvalue weighted by molar-refractivity contribution is -0.139. The predicted octanol–water partition coefficient (Wildman–Crippen LogP) is 0.583. The number of amides is 3. The maximum atomic E-state index is 11.8. The Labute approximate surface area is 118 Å². The van der Waals surface area contributed by atoms with Gasteiger partial charge in [0.15, 0.2) is 0 Å². The minimum absolute atomic E-state index is 0.00168. The van der Waals surface area contributed by atoms with Gasteiger partial charge in [0, 0.05) is 12.5 Å². The van der Waals surface area contributed by atoms with Crippen molar-refractivity contribution in [2.45, 2.75) is 57.5 Å². The molecule has 3 amide bonds. The van der Waals surface area contributed by atoms with E-state index in [4.69, 9.17) is 10.8 Å². The van der Waals surface area contributed by atoms with Gasteiger partial charge in [0.05, 0.1) is 0 Å². The lowest BCUT2D eigenvalue weighted by Gasteiger charge is -2.30. The van der Waals surface area contributed by atoms with E-state index in [9.17, 15) is 14.4 Å². The second-order valence-corrected chi connectivity index (χ2v) is 5.38. The smallest absolute Gasteiger partial charge is 0.326 e. The number of rotatable bonds is 6. The molecular weight excluding hydrogens is 262 g/mol. The van der Waals surface area contributed by atoms with Gasteiger partial charge in [-0.25, -0.2) is 9.59 Å². The van der Waals surface area contributed by atoms with Crippen LogP contribution in [0, 0.1) is 5.92 Å². The Kier molecular flexibility index (Phi) is 6.27. The number of hydrogen-bond acceptors (Lipinski definition) is 3. The molecule has 7 heteroatoms. The third-order valence-electron chi connectivity index (χ3n) is 3.71. The van der Waals surface area contributed by atoms with E-state index in [0.29, 0.717) is 5.92 Å². The number of carboxylic acids is 1. The van der Waals surface area contributed by atoms with Gasteiger partial charge >= 0.3 is 12.0 Å². The summed E-state index contributed by atoms with van der Waals surface area (Å²) < 4.78 is 0. The Morgan fingerprint density at radius 2 is 1.95 bits per heavy atom. The summed E-state index contributed by atoms with van der Waals surface area (Å²) in [4.78, 5) is 33.5. The molecule has 0 aromatic carbocycles. The van der Waals surface area contributed by atoms with Crippen LogP contribution in [-0.2, 0) is 9.59 Å². The van der Waals surface area contributed by atoms with E-state index in [2.05, 4.69) is 17.6 Å². The molecule has 0 heterocycles. The Morgan fingerprint density at radius 3 is 2.50 bits per heavy atom. The molecule has 3 atom stereocenters. The lowest BCUT2D eigenvalue weighted by Crippen LogP contribution is -2.51. The third kappa shape index (κ3) is 5.46. The first kappa shape index (κ1) is 16.3. The number of carbonyl (C=O) groups is 3. The molecule has 0 aromatic heterocycles. The van der Waals surface area contributed by atoms with E-state index < -0.39 is 23.9 Å². The van der Waals surface area contributed by atoms with Crippen molar-refractivity contribution in [3.63, 3.8) is 0 Å². The Balaban J connectivity index is 2.44. The Hall–Kier alpha value is -1.79. The molecular formula is C13H23N3O4. The zero-order chi connectivity index (χ0) is 15.1. The van der Waals surface area contributed by atoms with Gasteiger partial charge in [-0.3, -0.25) is 4.79 Å². The molecule has 2 unspecified atom stereocenters. The molecule has 20 heavy (non-hydrogen) atoms. The second-order valence-electron chi connectivity index (χ2n) is 5.38. The van der Waals surface area contributed by atoms with Gasteiger partial charge in [-0.15, -0.1) is 0 Å². The van der Waals surface area contributed by atoms with Crippen LogP contribution in [0.1, 0.15) is 45.4 Å². The normalized spacial score (nSPS) is 23.6. The van der Waals surface area contributed by atoms with E-state index >= 15 is 0 Å². The lowest BCUT2D eigenvalue weighted by atomic mass is 9.86. The summed E-state index contributed by atoms with van der Waals surface area (Å²) >= 11 is 0. The summed E-state index contributed by atoms with van der Waals surface area (Å²) in [5, 5.41) is 14.2. The Bertz CT molecular complexity index is 373. The summed E-state index contributed by atoms with van der Waals surface area (Å²) in [7, 11) is 0. The standard InChI is InChI=1S/C13H23N3O4/c1-8-4-2-3-5-9(8)15-13(20)16-10(12(18)19)6-7-11(14)17/h8-10H,2-7H2,1H3,(H2,14,17)(H,18,19)(H2,15,16,20)/t8?,9?,10-/m0/s1. The molecule has 1 fully saturated rings. The number of urea groups is 1. The summed E-state index contributed by atoms with van der Waals surface area (Å²) in [6.45, 7) is 2.08. The number of carboxylic acid groups (broad SMARTS) is 1. The minimum atomic E-state index is -1.17. The molecule has 1 rings (SSSR count). The zero-order valence-corrected chi connectivity index (χ0v) is 11.7. The Morgan fingerprint density at radius 1 is 1.30 bits per heavy atom. The van der Waals surface area contributed by atoms with E-state index in [1.807, 2.05) is 0 Å². The van der Waals surface area contributed by atoms with Crippen molar-refractivity contribution in [2.75, 3.05) is 0 Å². The van der Waals surface area contributed by atoms with Crippen LogP contribution in [0.15, 0.2) is 0 Å². The molecule has 0 aromatic rings. The molecule has 5 N–H and O–H groups in total. The molecule has 1 aliphatic rings. The maximum Gasteiger partial charge on any atom is 0.326 e. The van der Waals surface area contributed by atoms with Gasteiger partial charge in [-0.1, -0.05) is 19.8 Å². The summed E-state index contributed by atoms with van der Waals surface area (Å²) in [6, 6.07) is -1.52. The van der Waals surface area contributed by atoms with Crippen molar-refractivity contribution in [1.29, 1.82) is 0 Å². The van der Waals surface area contributed by atoms with Crippen molar-refractivity contribution in [3.8, 4) is 0 Å². The van der Waals surface area contributed by atoms with Crippen LogP contribution < -0.4 is 16.4 Å². The van der Waals surface area contributed by atoms with E-state index in [1.165, 1.54) is 0 Å². The quantitative estimate of drug-likeness (QED) is 0.570. The summed E-state index contributed by atoms with van der Waals surface area (Å²) in [6.07, 6.45) is 4.13. The van der Waals surface area contributed by atoms with Gasteiger partial charge < -0.3 is 21.5 Å². The van der Waals surface area contributed by atoms with Gasteiger partial charge in [0.1, 0.15) is 6.04 Å². The maximum absolute atomic E-state index is 11.8. The highest BCUT2D eigenvalue weighted by molar-refractivity contribution is 5.83. The fourth-order valence-electron chi connectivity index (χ4n) is 2.44. The number of nitrogens with one attached hydrogen (secondary N) is 2. The van der Waals surface area contributed by atoms with Crippen LogP contribution in [0.25, 0.3) is 0 Å². The molecule has 0 aliphatic heterocycles. The molecule has 7 nitrogen and oxygen atoms in total. The third-order valence-corrected chi connectivity index (χ3v) is 3.71. The second kappa shape index (κ2) is 7.72. The highest BCUT2D eigenvalue weighted by Gasteiger charge is 2.25.